The molecule has 0 N–H and O–H groups in total. The molecule has 0 unspecified atom stereocenters. The van der Waals surface area contributed by atoms with Crippen LogP contribution in [0.4, 0.5) is 0 Å². The first-order chi connectivity index (χ1) is 28.3. The van der Waals surface area contributed by atoms with E-state index in [1.165, 1.54) is 36.9 Å². The zero-order valence-corrected chi connectivity index (χ0v) is 57.0. The molecule has 0 bridgehead atoms. The Balaban J connectivity index is -0.000000261. The van der Waals surface area contributed by atoms with Crippen LogP contribution in [0.1, 0.15) is 94.6 Å². The molecule has 0 radical (unpaired) electrons. The van der Waals surface area contributed by atoms with Crippen LogP contribution in [-0.4, -0.2) is 76.7 Å². The Bertz CT molecular complexity index is 2100. The third-order valence-electron chi connectivity index (χ3n) is 9.12. The van der Waals surface area contributed by atoms with Crippen molar-refractivity contribution in [1.82, 2.24) is 0 Å². The molecular weight excluding hydrogens is 1210 g/mol. The summed E-state index contributed by atoms with van der Waals surface area (Å²) in [4.78, 5) is 59.9. The van der Waals surface area contributed by atoms with E-state index in [0.717, 1.165) is 41.7 Å². The van der Waals surface area contributed by atoms with Gasteiger partial charge in [0.05, 0.1) is 65.7 Å². The number of halogens is 1. The first kappa shape index (κ1) is 71.0. The summed E-state index contributed by atoms with van der Waals surface area (Å²) in [6, 6.07) is 11.3. The predicted molar refractivity (Wildman–Crippen MR) is 261 cm³/mol. The van der Waals surface area contributed by atoms with Crippen molar-refractivity contribution in [1.29, 1.82) is 0 Å². The van der Waals surface area contributed by atoms with Crippen LogP contribution < -0.4 is 153 Å². The third kappa shape index (κ3) is 21.6. The van der Waals surface area contributed by atoms with Crippen molar-refractivity contribution in [3.05, 3.63) is 75.3 Å². The number of ketones is 2. The fraction of sp³-hybridized carbons (Fsp3) is 0.419. The summed E-state index contributed by atoms with van der Waals surface area (Å²) in [6.07, 6.45) is 2.01. The van der Waals surface area contributed by atoms with E-state index < -0.39 is 11.8 Å². The maximum absolute atomic E-state index is 12.3. The second-order valence-electron chi connectivity index (χ2n) is 13.7. The van der Waals surface area contributed by atoms with Crippen LogP contribution in [0.3, 0.4) is 0 Å². The molecule has 4 aromatic rings. The van der Waals surface area contributed by atoms with Crippen LogP contribution in [-0.2, 0) is 38.1 Å². The van der Waals surface area contributed by atoms with Gasteiger partial charge in [-0.05, 0) is 90.8 Å². The van der Waals surface area contributed by atoms with E-state index in [1.807, 2.05) is 77.9 Å². The van der Waals surface area contributed by atoms with Gasteiger partial charge >= 0.3 is 157 Å². The quantitative estimate of drug-likeness (QED) is 0.0476. The van der Waals surface area contributed by atoms with Crippen LogP contribution in [0.5, 0.6) is 11.5 Å². The maximum Gasteiger partial charge on any atom is 1.00 e. The summed E-state index contributed by atoms with van der Waals surface area (Å²) in [7, 11) is 5.61. The van der Waals surface area contributed by atoms with Crippen LogP contribution in [0, 0.1) is 11.8 Å². The molecule has 1 aliphatic rings. The predicted octanol–water partition coefficient (Wildman–Crippen LogP) is 3.60. The standard InChI is InChI=1S/C17H18O4S.C15H15BrO4S.C8H15BO2.C2H6.CH2O3.2Cs.2H2S.H/c1-5-11-7-12-8-16(22-15(12)9-14(11)20-3)13(18)6-10(2)17(19)21-4;1-8(15(18)20-3)4-11(17)14-6-9-5-10(16)12(19-2)7-13(9)21-14;1-6-9-10-7(2,3)8(4,5)11-9;1-2;2-1-4-3;;;;;/h5,7-10H,1,6H2,2-4H3;5-8H,4H2,1-3H3;6H,1H2,2-5H3;1-2H3;1,3H;;;2*1H2;/q;;;;;2*+1;;;-1/p-1/t10-;8-;;;;;;;;/m00......../s1. The summed E-state index contributed by atoms with van der Waals surface area (Å²) in [5.41, 5.74) is 0.423. The normalized spacial score (nSPS) is 13.2. The number of rotatable bonds is 13. The van der Waals surface area contributed by atoms with Crippen molar-refractivity contribution in [2.45, 2.75) is 79.4 Å². The van der Waals surface area contributed by atoms with Crippen molar-refractivity contribution in [3.63, 3.8) is 0 Å². The van der Waals surface area contributed by atoms with Gasteiger partial charge in [-0.2, -0.15) is 27.0 Å². The van der Waals surface area contributed by atoms with Crippen LogP contribution >= 0.6 is 65.6 Å². The molecule has 2 atom stereocenters. The summed E-state index contributed by atoms with van der Waals surface area (Å²) in [6.45, 7) is 22.7. The van der Waals surface area contributed by atoms with Crippen molar-refractivity contribution in [2.75, 3.05) is 28.4 Å². The Hall–Kier alpha value is 0.419. The van der Waals surface area contributed by atoms with Gasteiger partial charge in [-0.3, -0.25) is 24.0 Å². The minimum atomic E-state index is -0.444. The molecule has 1 saturated heterocycles. The molecule has 2 aromatic heterocycles. The summed E-state index contributed by atoms with van der Waals surface area (Å²) >= 11 is 6.23. The Morgan fingerprint density at radius 1 is 0.766 bits per heavy atom. The number of esters is 2. The maximum atomic E-state index is 12.3. The number of thiophene rings is 2. The zero-order valence-electron chi connectivity index (χ0n) is 40.3. The first-order valence-electron chi connectivity index (χ1n) is 18.7. The average Bonchev–Trinajstić information content (AvgIpc) is 3.92. The van der Waals surface area contributed by atoms with E-state index in [0.29, 0.717) is 9.75 Å². The second-order valence-corrected chi connectivity index (χ2v) is 16.8. The Labute approximate surface area is 527 Å². The number of fused-ring (bicyclic) bond motifs is 2. The molecule has 5 rings (SSSR count). The number of hydrogen-bond donors (Lipinski definition) is 0. The van der Waals surface area contributed by atoms with Crippen molar-refractivity contribution in [2.24, 2.45) is 11.8 Å². The molecule has 0 amide bonds. The Morgan fingerprint density at radius 2 is 1.14 bits per heavy atom. The van der Waals surface area contributed by atoms with Gasteiger partial charge < -0.3 is 39.8 Å². The number of benzene rings is 2. The van der Waals surface area contributed by atoms with Crippen LogP contribution in [0.2, 0.25) is 0 Å². The Morgan fingerprint density at radius 3 is 1.45 bits per heavy atom. The first-order valence-corrected chi connectivity index (χ1v) is 21.1. The second kappa shape index (κ2) is 35.5. The number of carbonyl (C=O) groups excluding carboxylic acids is 5. The third-order valence-corrected chi connectivity index (χ3v) is 12.0. The number of Topliss-reactive ketones (excluding diaryl/α,β-unsaturated/α-hetero) is 2. The summed E-state index contributed by atoms with van der Waals surface area (Å²) < 4.78 is 33.8. The van der Waals surface area contributed by atoms with Gasteiger partial charge in [-0.1, -0.05) is 46.3 Å². The SMILES string of the molecule is C=CB1OC(C)(C)C(C)(C)O1.C=Cc1cc2cc(C(=O)C[C@H](C)C(=O)OC)sc2cc1OC.CC.COC(=O)[C@@H](C)CC(=O)c1cc2cc(Br)c(OC)cc2s1.O=CO[O-].S.S.[Cs+].[Cs+].[H-]. The minimum absolute atomic E-state index is 0. The van der Waals surface area contributed by atoms with Gasteiger partial charge in [0.1, 0.15) is 11.5 Å². The fourth-order valence-electron chi connectivity index (χ4n) is 5.21. The summed E-state index contributed by atoms with van der Waals surface area (Å²) in [5.74, 6) is 1.41. The molecule has 346 valence electrons. The monoisotopic (exact) mass is 1270 g/mol. The number of hydrogen-bond acceptors (Lipinski definition) is 15. The minimum Gasteiger partial charge on any atom is -1.00 e. The van der Waals surface area contributed by atoms with Gasteiger partial charge in [0, 0.05) is 27.8 Å². The Kier molecular flexibility index (Phi) is 39.4. The molecule has 1 aliphatic heterocycles. The summed E-state index contributed by atoms with van der Waals surface area (Å²) in [5, 5.41) is 10.4. The zero-order chi connectivity index (χ0) is 46.0. The van der Waals surface area contributed by atoms with E-state index in [9.17, 15) is 19.2 Å². The van der Waals surface area contributed by atoms with E-state index in [4.69, 9.17) is 28.8 Å². The van der Waals surface area contributed by atoms with Gasteiger partial charge in [-0.25, -0.2) is 0 Å². The molecule has 0 spiro atoms. The fourth-order valence-corrected chi connectivity index (χ4v) is 7.77. The van der Waals surface area contributed by atoms with Crippen molar-refractivity contribution < 1.29 is 202 Å². The van der Waals surface area contributed by atoms with E-state index >= 15 is 0 Å². The van der Waals surface area contributed by atoms with E-state index in [2.05, 4.69) is 43.4 Å². The van der Waals surface area contributed by atoms with Crippen LogP contribution in [0.15, 0.2) is 60.0 Å². The molecule has 64 heavy (non-hydrogen) atoms. The number of methoxy groups -OCH3 is 4. The van der Waals surface area contributed by atoms with E-state index in [1.54, 1.807) is 40.1 Å². The van der Waals surface area contributed by atoms with E-state index in [-0.39, 0.29) is 227 Å². The topological polar surface area (TPSA) is 173 Å². The average molecular weight is 1270 g/mol. The molecule has 1 fully saturated rings. The molecule has 0 aliphatic carbocycles. The largest absolute Gasteiger partial charge is 1.00 e. The molecule has 0 saturated carbocycles. The smallest absolute Gasteiger partial charge is 1.00 e. The van der Waals surface area contributed by atoms with Gasteiger partial charge in [0.25, 0.3) is 6.47 Å². The molecule has 3 heterocycles. The molecular formula is C43H60BBrCs2O13S4. The molecule has 21 heteroatoms. The molecule has 13 nitrogen and oxygen atoms in total. The number of carbonyl (C=O) groups is 5. The molecule has 2 aromatic carbocycles. The van der Waals surface area contributed by atoms with Gasteiger partial charge in [0.15, 0.2) is 11.6 Å². The van der Waals surface area contributed by atoms with Gasteiger partial charge in [0.2, 0.25) is 0 Å². The van der Waals surface area contributed by atoms with Crippen LogP contribution in [0.25, 0.3) is 26.2 Å². The van der Waals surface area contributed by atoms with Gasteiger partial charge in [-0.15, -0.1) is 29.3 Å². The van der Waals surface area contributed by atoms with Crippen molar-refractivity contribution >= 4 is 129 Å². The van der Waals surface area contributed by atoms with Crippen molar-refractivity contribution in [3.8, 4) is 11.5 Å². The number of ether oxygens (including phenoxy) is 4.